The van der Waals surface area contributed by atoms with E-state index in [2.05, 4.69) is 10.6 Å². The standard InChI is InChI=1S/C26H26N2O5/c1-17-13-22(23(33-2)16-21(17)28-26(32)19-11-7-4-8-12-19)27-24(29)14-20(15-25(30)31)18-9-5-3-6-10-18/h3-13,16,20H,14-15H2,1-2H3,(H,27,29)(H,28,32)(H,30,31)/t20-/m0/s1. The van der Waals surface area contributed by atoms with Gasteiger partial charge in [0.2, 0.25) is 5.91 Å². The van der Waals surface area contributed by atoms with E-state index in [-0.39, 0.29) is 24.7 Å². The van der Waals surface area contributed by atoms with Crippen LogP contribution in [0.2, 0.25) is 0 Å². The molecule has 3 aromatic rings. The molecule has 0 bridgehead atoms. The first-order chi connectivity index (χ1) is 15.9. The highest BCUT2D eigenvalue weighted by Crippen LogP contribution is 2.32. The van der Waals surface area contributed by atoms with Crippen molar-refractivity contribution < 1.29 is 24.2 Å². The largest absolute Gasteiger partial charge is 0.494 e. The molecule has 1 atom stereocenters. The third-order valence-electron chi connectivity index (χ3n) is 5.23. The normalized spacial score (nSPS) is 11.3. The Bertz CT molecular complexity index is 1130. The van der Waals surface area contributed by atoms with Crippen molar-refractivity contribution in [1.82, 2.24) is 0 Å². The minimum absolute atomic E-state index is 0.00497. The zero-order valence-corrected chi connectivity index (χ0v) is 18.5. The van der Waals surface area contributed by atoms with Crippen LogP contribution in [0.15, 0.2) is 72.8 Å². The number of ether oxygens (including phenoxy) is 1. The van der Waals surface area contributed by atoms with E-state index >= 15 is 0 Å². The molecule has 0 aliphatic rings. The topological polar surface area (TPSA) is 105 Å². The first-order valence-electron chi connectivity index (χ1n) is 10.5. The number of carbonyl (C=O) groups excluding carboxylic acids is 2. The predicted molar refractivity (Wildman–Crippen MR) is 127 cm³/mol. The molecule has 3 N–H and O–H groups in total. The summed E-state index contributed by atoms with van der Waals surface area (Å²) in [6, 6.07) is 21.3. The highest BCUT2D eigenvalue weighted by Gasteiger charge is 2.21. The lowest BCUT2D eigenvalue weighted by Gasteiger charge is -2.18. The molecule has 0 unspecified atom stereocenters. The predicted octanol–water partition coefficient (Wildman–Crippen LogP) is 4.84. The molecule has 0 aliphatic carbocycles. The number of carbonyl (C=O) groups is 3. The molecule has 2 amide bonds. The molecule has 0 fully saturated rings. The minimum atomic E-state index is -0.969. The van der Waals surface area contributed by atoms with E-state index in [1.165, 1.54) is 7.11 Å². The van der Waals surface area contributed by atoms with Crippen LogP contribution < -0.4 is 15.4 Å². The number of methoxy groups -OCH3 is 1. The number of carboxylic acids is 1. The molecule has 0 spiro atoms. The van der Waals surface area contributed by atoms with Gasteiger partial charge in [-0.3, -0.25) is 14.4 Å². The first-order valence-corrected chi connectivity index (χ1v) is 10.5. The lowest BCUT2D eigenvalue weighted by Crippen LogP contribution is -2.18. The second-order valence-electron chi connectivity index (χ2n) is 7.65. The van der Waals surface area contributed by atoms with Gasteiger partial charge in [0.15, 0.2) is 0 Å². The molecule has 3 aromatic carbocycles. The van der Waals surface area contributed by atoms with Crippen LogP contribution in [0.25, 0.3) is 0 Å². The van der Waals surface area contributed by atoms with Crippen LogP contribution in [0.3, 0.4) is 0 Å². The fraction of sp³-hybridized carbons (Fsp3) is 0.192. The molecule has 0 aromatic heterocycles. The average molecular weight is 447 g/mol. The first kappa shape index (κ1) is 23.5. The van der Waals surface area contributed by atoms with E-state index in [1.807, 2.05) is 43.3 Å². The average Bonchev–Trinajstić information content (AvgIpc) is 2.81. The monoisotopic (exact) mass is 446 g/mol. The molecule has 170 valence electrons. The van der Waals surface area contributed by atoms with Gasteiger partial charge in [-0.1, -0.05) is 48.5 Å². The zero-order valence-electron chi connectivity index (χ0n) is 18.5. The number of carboxylic acid groups (broad SMARTS) is 1. The van der Waals surface area contributed by atoms with Crippen LogP contribution in [0, 0.1) is 6.92 Å². The van der Waals surface area contributed by atoms with Gasteiger partial charge in [-0.25, -0.2) is 0 Å². The van der Waals surface area contributed by atoms with Gasteiger partial charge in [0.25, 0.3) is 5.91 Å². The van der Waals surface area contributed by atoms with Crippen molar-refractivity contribution in [2.24, 2.45) is 0 Å². The van der Waals surface area contributed by atoms with Crippen LogP contribution in [-0.4, -0.2) is 30.0 Å². The minimum Gasteiger partial charge on any atom is -0.494 e. The molecule has 0 radical (unpaired) electrons. The number of aryl methyl sites for hydroxylation is 1. The lowest BCUT2D eigenvalue weighted by molar-refractivity contribution is -0.137. The van der Waals surface area contributed by atoms with Gasteiger partial charge in [-0.05, 0) is 36.2 Å². The highest BCUT2D eigenvalue weighted by atomic mass is 16.5. The van der Waals surface area contributed by atoms with Crippen molar-refractivity contribution in [3.05, 3.63) is 89.5 Å². The number of hydrogen-bond acceptors (Lipinski definition) is 4. The number of hydrogen-bond donors (Lipinski definition) is 3. The zero-order chi connectivity index (χ0) is 23.8. The van der Waals surface area contributed by atoms with Gasteiger partial charge < -0.3 is 20.5 Å². The summed E-state index contributed by atoms with van der Waals surface area (Å²) >= 11 is 0. The lowest BCUT2D eigenvalue weighted by atomic mass is 9.92. The Balaban J connectivity index is 1.75. The molecule has 0 saturated heterocycles. The number of rotatable bonds is 9. The third kappa shape index (κ3) is 6.43. The summed E-state index contributed by atoms with van der Waals surface area (Å²) in [4.78, 5) is 36.6. The van der Waals surface area contributed by atoms with E-state index in [0.29, 0.717) is 22.7 Å². The molecular weight excluding hydrogens is 420 g/mol. The van der Waals surface area contributed by atoms with Crippen LogP contribution >= 0.6 is 0 Å². The fourth-order valence-electron chi connectivity index (χ4n) is 3.54. The van der Waals surface area contributed by atoms with Crippen molar-refractivity contribution >= 4 is 29.2 Å². The van der Waals surface area contributed by atoms with Crippen molar-refractivity contribution in [2.75, 3.05) is 17.7 Å². The molecular formula is C26H26N2O5. The van der Waals surface area contributed by atoms with Crippen LogP contribution in [0.4, 0.5) is 11.4 Å². The number of anilines is 2. The van der Waals surface area contributed by atoms with Crippen molar-refractivity contribution in [3.8, 4) is 5.75 Å². The second-order valence-corrected chi connectivity index (χ2v) is 7.65. The number of benzene rings is 3. The number of amides is 2. The maximum atomic E-state index is 12.8. The van der Waals surface area contributed by atoms with E-state index < -0.39 is 11.9 Å². The quantitative estimate of drug-likeness (QED) is 0.436. The number of aliphatic carboxylic acids is 1. The van der Waals surface area contributed by atoms with Crippen molar-refractivity contribution in [1.29, 1.82) is 0 Å². The Morgan fingerprint density at radius 1 is 0.879 bits per heavy atom. The van der Waals surface area contributed by atoms with Gasteiger partial charge in [-0.15, -0.1) is 0 Å². The highest BCUT2D eigenvalue weighted by molar-refractivity contribution is 6.05. The van der Waals surface area contributed by atoms with E-state index in [9.17, 15) is 19.5 Å². The summed E-state index contributed by atoms with van der Waals surface area (Å²) in [6.07, 6.45) is -0.150. The Kier molecular flexibility index (Phi) is 7.81. The SMILES string of the molecule is COc1cc(NC(=O)c2ccccc2)c(C)cc1NC(=O)C[C@@H](CC(=O)O)c1ccccc1. The molecule has 0 heterocycles. The maximum Gasteiger partial charge on any atom is 0.303 e. The molecule has 3 rings (SSSR count). The maximum absolute atomic E-state index is 12.8. The van der Waals surface area contributed by atoms with Crippen LogP contribution in [0.5, 0.6) is 5.75 Å². The smallest absolute Gasteiger partial charge is 0.303 e. The van der Waals surface area contributed by atoms with Gasteiger partial charge in [0.1, 0.15) is 5.75 Å². The van der Waals surface area contributed by atoms with Gasteiger partial charge in [-0.2, -0.15) is 0 Å². The summed E-state index contributed by atoms with van der Waals surface area (Å²) < 4.78 is 5.42. The van der Waals surface area contributed by atoms with Gasteiger partial charge >= 0.3 is 5.97 Å². The second kappa shape index (κ2) is 10.9. The molecule has 0 saturated carbocycles. The Hall–Kier alpha value is -4.13. The summed E-state index contributed by atoms with van der Waals surface area (Å²) in [5.41, 5.74) is 3.06. The van der Waals surface area contributed by atoms with Gasteiger partial charge in [0.05, 0.1) is 19.2 Å². The van der Waals surface area contributed by atoms with E-state index in [0.717, 1.165) is 11.1 Å². The van der Waals surface area contributed by atoms with Crippen molar-refractivity contribution in [3.63, 3.8) is 0 Å². The summed E-state index contributed by atoms with van der Waals surface area (Å²) in [5.74, 6) is -1.63. The summed E-state index contributed by atoms with van der Waals surface area (Å²) in [5, 5.41) is 14.9. The Morgan fingerprint density at radius 2 is 1.52 bits per heavy atom. The molecule has 0 aliphatic heterocycles. The molecule has 7 nitrogen and oxygen atoms in total. The van der Waals surface area contributed by atoms with E-state index in [4.69, 9.17) is 4.74 Å². The van der Waals surface area contributed by atoms with Crippen LogP contribution in [0.1, 0.15) is 40.2 Å². The van der Waals surface area contributed by atoms with Crippen molar-refractivity contribution in [2.45, 2.75) is 25.7 Å². The molecule has 33 heavy (non-hydrogen) atoms. The van der Waals surface area contributed by atoms with Gasteiger partial charge in [0, 0.05) is 29.7 Å². The Morgan fingerprint density at radius 3 is 2.12 bits per heavy atom. The third-order valence-corrected chi connectivity index (χ3v) is 5.23. The number of nitrogens with one attached hydrogen (secondary N) is 2. The van der Waals surface area contributed by atoms with E-state index in [1.54, 1.807) is 36.4 Å². The van der Waals surface area contributed by atoms with Crippen LogP contribution in [-0.2, 0) is 9.59 Å². The summed E-state index contributed by atoms with van der Waals surface area (Å²) in [7, 11) is 1.47. The molecule has 7 heteroatoms. The fourth-order valence-corrected chi connectivity index (χ4v) is 3.54. The summed E-state index contributed by atoms with van der Waals surface area (Å²) in [6.45, 7) is 1.81. The Labute approximate surface area is 192 Å².